The molecule has 0 radical (unpaired) electrons. The summed E-state index contributed by atoms with van der Waals surface area (Å²) in [6, 6.07) is 12.3. The monoisotopic (exact) mass is 559 g/mol. The van der Waals surface area contributed by atoms with Crippen LogP contribution in [0.5, 0.6) is 0 Å². The highest BCUT2D eigenvalue weighted by Gasteiger charge is 2.31. The van der Waals surface area contributed by atoms with Gasteiger partial charge in [-0.3, -0.25) is 14.4 Å². The molecule has 4 atom stereocenters. The van der Waals surface area contributed by atoms with Crippen molar-refractivity contribution >= 4 is 34.6 Å². The lowest BCUT2D eigenvalue weighted by Crippen LogP contribution is -2.58. The number of H-pyrrole nitrogens is 2. The van der Waals surface area contributed by atoms with Crippen LogP contribution in [0.25, 0.3) is 10.9 Å². The van der Waals surface area contributed by atoms with Gasteiger partial charge in [0.05, 0.1) is 12.4 Å². The van der Waals surface area contributed by atoms with Crippen LogP contribution >= 0.6 is 0 Å². The molecule has 0 aliphatic heterocycles. The Morgan fingerprint density at radius 2 is 1.46 bits per heavy atom. The van der Waals surface area contributed by atoms with Gasteiger partial charge in [-0.25, -0.2) is 9.78 Å². The summed E-state index contributed by atoms with van der Waals surface area (Å²) in [7, 11) is 0. The molecule has 4 rings (SSSR count). The largest absolute Gasteiger partial charge is 0.480 e. The zero-order valence-electron chi connectivity index (χ0n) is 22.5. The van der Waals surface area contributed by atoms with Crippen LogP contribution in [0.15, 0.2) is 73.3 Å². The van der Waals surface area contributed by atoms with Crippen LogP contribution in [-0.4, -0.2) is 67.9 Å². The lowest BCUT2D eigenvalue weighted by atomic mass is 10.0. The van der Waals surface area contributed by atoms with Crippen LogP contribution in [0.3, 0.4) is 0 Å². The third-order valence-electron chi connectivity index (χ3n) is 6.65. The van der Waals surface area contributed by atoms with Crippen molar-refractivity contribution in [1.29, 1.82) is 0 Å². The molecule has 0 aliphatic rings. The average molecular weight is 560 g/mol. The molecule has 4 aromatic rings. The van der Waals surface area contributed by atoms with Gasteiger partial charge < -0.3 is 36.8 Å². The summed E-state index contributed by atoms with van der Waals surface area (Å²) in [5.41, 5.74) is 8.71. The minimum Gasteiger partial charge on any atom is -0.480 e. The van der Waals surface area contributed by atoms with Crippen LogP contribution in [-0.2, 0) is 38.4 Å². The maximum absolute atomic E-state index is 13.7. The van der Waals surface area contributed by atoms with Crippen molar-refractivity contribution in [3.05, 3.63) is 90.1 Å². The van der Waals surface area contributed by atoms with E-state index < -0.39 is 47.9 Å². The number of carboxylic acids is 1. The number of hydrogen-bond donors (Lipinski definition) is 7. The van der Waals surface area contributed by atoms with E-state index in [1.54, 1.807) is 30.5 Å². The number of amides is 3. The molecule has 0 spiro atoms. The number of para-hydroxylation sites is 1. The highest BCUT2D eigenvalue weighted by atomic mass is 16.4. The zero-order valence-corrected chi connectivity index (χ0v) is 22.5. The molecule has 0 fully saturated rings. The molecule has 41 heavy (non-hydrogen) atoms. The fraction of sp³-hybridized carbons (Fsp3) is 0.276. The number of nitrogens with zero attached hydrogens (tertiary/aromatic N) is 1. The maximum atomic E-state index is 13.7. The van der Waals surface area contributed by atoms with Gasteiger partial charge in [0.25, 0.3) is 0 Å². The van der Waals surface area contributed by atoms with Crippen LogP contribution in [0.2, 0.25) is 0 Å². The van der Waals surface area contributed by atoms with Crippen LogP contribution in [0, 0.1) is 0 Å². The van der Waals surface area contributed by atoms with E-state index in [0.717, 1.165) is 22.0 Å². The van der Waals surface area contributed by atoms with E-state index >= 15 is 0 Å². The standard InChI is InChI=1S/C29H33N7O5/c1-17(30)26(37)34-24(12-19-14-32-22-10-6-5-9-21(19)22)28(39)35-23(11-18-7-3-2-4-8-18)27(38)36-25(29(40)41)13-20-15-31-16-33-20/h2-10,14-17,23-25,32H,11-13,30H2,1H3,(H,31,33)(H,34,37)(H,35,39)(H,36,38)(H,40,41). The number of fused-ring (bicyclic) bond motifs is 1. The Labute approximate surface area is 236 Å². The lowest BCUT2D eigenvalue weighted by molar-refractivity contribution is -0.142. The molecule has 0 aliphatic carbocycles. The second kappa shape index (κ2) is 13.4. The van der Waals surface area contributed by atoms with Gasteiger partial charge in [0, 0.05) is 48.3 Å². The molecule has 214 valence electrons. The smallest absolute Gasteiger partial charge is 0.326 e. The van der Waals surface area contributed by atoms with Crippen molar-refractivity contribution in [2.45, 2.75) is 50.4 Å². The molecule has 2 aromatic carbocycles. The lowest BCUT2D eigenvalue weighted by Gasteiger charge is -2.25. The first-order valence-electron chi connectivity index (χ1n) is 13.2. The molecular weight excluding hydrogens is 526 g/mol. The topological polar surface area (TPSA) is 195 Å². The van der Waals surface area contributed by atoms with Gasteiger partial charge in [-0.1, -0.05) is 48.5 Å². The van der Waals surface area contributed by atoms with E-state index in [0.29, 0.717) is 5.69 Å². The van der Waals surface area contributed by atoms with Gasteiger partial charge in [-0.15, -0.1) is 0 Å². The third-order valence-corrected chi connectivity index (χ3v) is 6.65. The first-order valence-corrected chi connectivity index (χ1v) is 13.2. The molecule has 2 heterocycles. The minimum atomic E-state index is -1.27. The number of imidazole rings is 1. The summed E-state index contributed by atoms with van der Waals surface area (Å²) in [6.07, 6.45) is 4.85. The van der Waals surface area contributed by atoms with Gasteiger partial charge in [-0.05, 0) is 24.1 Å². The normalized spacial score (nSPS) is 14.0. The second-order valence-corrected chi connectivity index (χ2v) is 9.84. The van der Waals surface area contributed by atoms with E-state index in [4.69, 9.17) is 5.73 Å². The highest BCUT2D eigenvalue weighted by molar-refractivity contribution is 5.95. The van der Waals surface area contributed by atoms with Crippen molar-refractivity contribution in [2.24, 2.45) is 5.73 Å². The van der Waals surface area contributed by atoms with E-state index in [1.165, 1.54) is 19.4 Å². The van der Waals surface area contributed by atoms with Gasteiger partial charge in [0.1, 0.15) is 18.1 Å². The first kappa shape index (κ1) is 29.0. The number of carbonyl (C=O) groups is 4. The molecule has 0 saturated carbocycles. The summed E-state index contributed by atoms with van der Waals surface area (Å²) >= 11 is 0. The fourth-order valence-electron chi connectivity index (χ4n) is 4.45. The zero-order chi connectivity index (χ0) is 29.4. The minimum absolute atomic E-state index is 0.0271. The van der Waals surface area contributed by atoms with E-state index in [2.05, 4.69) is 30.9 Å². The number of nitrogens with two attached hydrogens (primary N) is 1. The number of hydrogen-bond acceptors (Lipinski definition) is 6. The molecular formula is C29H33N7O5. The first-order chi connectivity index (χ1) is 19.7. The molecule has 12 heteroatoms. The van der Waals surface area contributed by atoms with Crippen LogP contribution in [0.4, 0.5) is 0 Å². The number of carboxylic acid groups (broad SMARTS) is 1. The van der Waals surface area contributed by atoms with Gasteiger partial charge in [-0.2, -0.15) is 0 Å². The van der Waals surface area contributed by atoms with Crippen molar-refractivity contribution in [3.63, 3.8) is 0 Å². The van der Waals surface area contributed by atoms with Crippen molar-refractivity contribution in [1.82, 2.24) is 30.9 Å². The summed E-state index contributed by atoms with van der Waals surface area (Å²) in [4.78, 5) is 61.5. The Hall–Kier alpha value is -4.97. The van der Waals surface area contributed by atoms with E-state index in [-0.39, 0.29) is 19.3 Å². The number of benzene rings is 2. The Balaban J connectivity index is 1.57. The van der Waals surface area contributed by atoms with Crippen LogP contribution < -0.4 is 21.7 Å². The van der Waals surface area contributed by atoms with Crippen molar-refractivity contribution in [2.75, 3.05) is 0 Å². The predicted octanol–water partition coefficient (Wildman–Crippen LogP) is 0.805. The number of aromatic amines is 2. The summed E-state index contributed by atoms with van der Waals surface area (Å²) in [5, 5.41) is 18.6. The second-order valence-electron chi connectivity index (χ2n) is 9.84. The molecule has 3 amide bonds. The number of rotatable bonds is 13. The highest BCUT2D eigenvalue weighted by Crippen LogP contribution is 2.19. The van der Waals surface area contributed by atoms with Gasteiger partial charge in [0.2, 0.25) is 17.7 Å². The fourth-order valence-corrected chi connectivity index (χ4v) is 4.45. The number of aromatic nitrogens is 3. The van der Waals surface area contributed by atoms with E-state index in [9.17, 15) is 24.3 Å². The number of nitrogens with one attached hydrogen (secondary N) is 5. The Bertz CT molecular complexity index is 1480. The Morgan fingerprint density at radius 3 is 2.12 bits per heavy atom. The predicted molar refractivity (Wildman–Crippen MR) is 152 cm³/mol. The SMILES string of the molecule is CC(N)C(=O)NC(Cc1c[nH]c2ccccc12)C(=O)NC(Cc1ccccc1)C(=O)NC(Cc1cnc[nH]1)C(=O)O. The summed E-state index contributed by atoms with van der Waals surface area (Å²) in [5.74, 6) is -3.06. The molecule has 12 nitrogen and oxygen atoms in total. The Morgan fingerprint density at radius 1 is 0.829 bits per heavy atom. The molecule has 4 unspecified atom stereocenters. The number of carbonyl (C=O) groups excluding carboxylic acids is 3. The molecule has 8 N–H and O–H groups in total. The third kappa shape index (κ3) is 7.79. The average Bonchev–Trinajstić information content (AvgIpc) is 3.62. The van der Waals surface area contributed by atoms with Crippen molar-refractivity contribution < 1.29 is 24.3 Å². The maximum Gasteiger partial charge on any atom is 0.326 e. The van der Waals surface area contributed by atoms with Gasteiger partial charge in [0.15, 0.2) is 0 Å². The van der Waals surface area contributed by atoms with Gasteiger partial charge >= 0.3 is 5.97 Å². The quantitative estimate of drug-likeness (QED) is 0.126. The molecule has 0 bridgehead atoms. The summed E-state index contributed by atoms with van der Waals surface area (Å²) in [6.45, 7) is 1.51. The van der Waals surface area contributed by atoms with E-state index in [1.807, 2.05) is 30.3 Å². The summed E-state index contributed by atoms with van der Waals surface area (Å²) < 4.78 is 0. The Kier molecular flexibility index (Phi) is 9.48. The number of aliphatic carboxylic acids is 1. The molecule has 0 saturated heterocycles. The van der Waals surface area contributed by atoms with Crippen LogP contribution in [0.1, 0.15) is 23.7 Å². The molecule has 2 aromatic heterocycles. The van der Waals surface area contributed by atoms with Crippen molar-refractivity contribution in [3.8, 4) is 0 Å².